The van der Waals surface area contributed by atoms with Gasteiger partial charge in [-0.2, -0.15) is 0 Å². The average Bonchev–Trinajstić information content (AvgIpc) is 3.47. The summed E-state index contributed by atoms with van der Waals surface area (Å²) >= 11 is 0. The van der Waals surface area contributed by atoms with Crippen LogP contribution in [0.4, 0.5) is 17.1 Å². The van der Waals surface area contributed by atoms with E-state index in [9.17, 15) is 0 Å². The van der Waals surface area contributed by atoms with Gasteiger partial charge in [-0.25, -0.2) is 0 Å². The molecule has 52 heavy (non-hydrogen) atoms. The molecule has 0 saturated heterocycles. The van der Waals surface area contributed by atoms with Crippen LogP contribution in [0.25, 0.3) is 65.7 Å². The van der Waals surface area contributed by atoms with Crippen molar-refractivity contribution in [3.8, 4) is 44.9 Å². The molecule has 2 heterocycles. The van der Waals surface area contributed by atoms with E-state index in [0.717, 1.165) is 28.6 Å². The Morgan fingerprint density at radius 3 is 1.92 bits per heavy atom. The summed E-state index contributed by atoms with van der Waals surface area (Å²) in [6.45, 7) is 2.43. The van der Waals surface area contributed by atoms with Crippen LogP contribution in [0.1, 0.15) is 23.6 Å². The lowest BCUT2D eigenvalue weighted by atomic mass is 9.72. The van der Waals surface area contributed by atoms with Gasteiger partial charge in [-0.15, -0.1) is 0 Å². The van der Waals surface area contributed by atoms with E-state index in [2.05, 4.69) is 182 Å². The van der Waals surface area contributed by atoms with Crippen LogP contribution >= 0.6 is 0 Å². The summed E-state index contributed by atoms with van der Waals surface area (Å²) < 4.78 is 6.67. The zero-order valence-corrected chi connectivity index (χ0v) is 28.5. The normalized spacial score (nSPS) is 16.0. The van der Waals surface area contributed by atoms with Gasteiger partial charge in [-0.05, 0) is 132 Å². The highest BCUT2D eigenvalue weighted by atomic mass is 16.5. The molecule has 2 aliphatic heterocycles. The molecule has 0 aromatic heterocycles. The van der Waals surface area contributed by atoms with Gasteiger partial charge >= 0.3 is 0 Å². The summed E-state index contributed by atoms with van der Waals surface area (Å²) in [5, 5.41) is 7.56. The standard InChI is InChI=1S/C50H31NO/c1-50-31-23-26-46-44(27-31)51(43-21-11-12-22-45(43)52-46)32-24-25-37-39(28-32)48(36-18-8-7-17-35(36)47(37)30-13-3-2-4-14-30)40-29-42(50)49(34-16-6-5-15-33(34)40)38-19-9-10-20-41(38)50/h2-29H,1H3. The molecule has 9 aromatic rings. The molecule has 0 N–H and O–H groups in total. The Morgan fingerprint density at radius 2 is 1.08 bits per heavy atom. The van der Waals surface area contributed by atoms with E-state index >= 15 is 0 Å². The predicted molar refractivity (Wildman–Crippen MR) is 216 cm³/mol. The SMILES string of the molecule is CC12c3ccc4c(c3)N(c3ccc5c(-c6ccccc6)c6ccccc6c(c5c3)-c3cc1c(c1ccccc31)-c1ccccc12)c1ccccc1O4. The van der Waals surface area contributed by atoms with Gasteiger partial charge in [-0.3, -0.25) is 0 Å². The molecule has 3 aliphatic rings. The quantitative estimate of drug-likeness (QED) is 0.162. The Morgan fingerprint density at radius 1 is 0.423 bits per heavy atom. The van der Waals surface area contributed by atoms with Crippen molar-refractivity contribution in [3.63, 3.8) is 0 Å². The Labute approximate surface area is 301 Å². The van der Waals surface area contributed by atoms with Crippen LogP contribution in [0.5, 0.6) is 11.5 Å². The van der Waals surface area contributed by atoms with Gasteiger partial charge in [0.2, 0.25) is 0 Å². The first-order valence-corrected chi connectivity index (χ1v) is 18.1. The monoisotopic (exact) mass is 661 g/mol. The number of benzene rings is 9. The van der Waals surface area contributed by atoms with Crippen molar-refractivity contribution < 1.29 is 4.74 Å². The van der Waals surface area contributed by atoms with E-state index in [1.165, 1.54) is 82.4 Å². The van der Waals surface area contributed by atoms with E-state index in [1.54, 1.807) is 0 Å². The van der Waals surface area contributed by atoms with Gasteiger partial charge < -0.3 is 9.64 Å². The molecule has 1 aliphatic carbocycles. The third-order valence-electron chi connectivity index (χ3n) is 12.0. The van der Waals surface area contributed by atoms with Gasteiger partial charge in [0, 0.05) is 11.1 Å². The topological polar surface area (TPSA) is 12.5 Å². The molecular weight excluding hydrogens is 631 g/mol. The zero-order valence-electron chi connectivity index (χ0n) is 28.5. The summed E-state index contributed by atoms with van der Waals surface area (Å²) in [4.78, 5) is 2.41. The number of anilines is 3. The van der Waals surface area contributed by atoms with Crippen LogP contribution in [0.3, 0.4) is 0 Å². The van der Waals surface area contributed by atoms with Gasteiger partial charge in [0.25, 0.3) is 0 Å². The smallest absolute Gasteiger partial charge is 0.151 e. The molecule has 2 heteroatoms. The molecule has 1 atom stereocenters. The van der Waals surface area contributed by atoms with E-state index in [1.807, 2.05) is 0 Å². The number of hydrogen-bond acceptors (Lipinski definition) is 2. The van der Waals surface area contributed by atoms with Gasteiger partial charge in [0.15, 0.2) is 11.5 Å². The lowest BCUT2D eigenvalue weighted by molar-refractivity contribution is 0.476. The molecule has 0 spiro atoms. The van der Waals surface area contributed by atoms with Crippen LogP contribution in [0, 0.1) is 0 Å². The lowest BCUT2D eigenvalue weighted by Crippen LogP contribution is -2.24. The molecule has 0 saturated carbocycles. The van der Waals surface area contributed by atoms with Gasteiger partial charge in [-0.1, -0.05) is 127 Å². The fourth-order valence-electron chi connectivity index (χ4n) is 9.72. The van der Waals surface area contributed by atoms with Crippen molar-refractivity contribution in [3.05, 3.63) is 187 Å². The molecule has 2 nitrogen and oxygen atoms in total. The maximum Gasteiger partial charge on any atom is 0.151 e. The van der Waals surface area contributed by atoms with Gasteiger partial charge in [0.1, 0.15) is 0 Å². The fraction of sp³-hybridized carbons (Fsp3) is 0.0400. The maximum atomic E-state index is 6.67. The Bertz CT molecular complexity index is 3010. The highest BCUT2D eigenvalue weighted by molar-refractivity contribution is 6.25. The molecule has 0 fully saturated rings. The second-order valence-corrected chi connectivity index (χ2v) is 14.5. The van der Waals surface area contributed by atoms with Crippen molar-refractivity contribution in [2.45, 2.75) is 12.3 Å². The summed E-state index contributed by atoms with van der Waals surface area (Å²) in [7, 11) is 0. The molecule has 6 bridgehead atoms. The minimum absolute atomic E-state index is 0.409. The largest absolute Gasteiger partial charge is 0.453 e. The highest BCUT2D eigenvalue weighted by Gasteiger charge is 2.43. The number of para-hydroxylation sites is 2. The molecule has 1 unspecified atom stereocenters. The van der Waals surface area contributed by atoms with Crippen LogP contribution in [-0.2, 0) is 5.41 Å². The molecule has 12 rings (SSSR count). The zero-order chi connectivity index (χ0) is 34.1. The summed E-state index contributed by atoms with van der Waals surface area (Å²) in [6, 6.07) is 62.9. The molecular formula is C50H31NO. The summed E-state index contributed by atoms with van der Waals surface area (Å²) in [5.41, 5.74) is 14.4. The Hall–Kier alpha value is -6.64. The number of ether oxygens (including phenoxy) is 1. The fourth-order valence-corrected chi connectivity index (χ4v) is 9.72. The summed E-state index contributed by atoms with van der Waals surface area (Å²) in [6.07, 6.45) is 0. The van der Waals surface area contributed by atoms with Crippen LogP contribution in [0.15, 0.2) is 170 Å². The van der Waals surface area contributed by atoms with Crippen LogP contribution in [0.2, 0.25) is 0 Å². The first-order chi connectivity index (χ1) is 25.7. The minimum Gasteiger partial charge on any atom is -0.453 e. The van der Waals surface area contributed by atoms with E-state index in [4.69, 9.17) is 4.74 Å². The van der Waals surface area contributed by atoms with Crippen LogP contribution in [-0.4, -0.2) is 0 Å². The maximum absolute atomic E-state index is 6.67. The number of rotatable bonds is 1. The van der Waals surface area contributed by atoms with E-state index < -0.39 is 5.41 Å². The second-order valence-electron chi connectivity index (χ2n) is 14.5. The van der Waals surface area contributed by atoms with Crippen LogP contribution < -0.4 is 9.64 Å². The first-order valence-electron chi connectivity index (χ1n) is 18.1. The second kappa shape index (κ2) is 9.99. The number of nitrogens with zero attached hydrogens (tertiary/aromatic N) is 1. The molecule has 0 amide bonds. The average molecular weight is 662 g/mol. The van der Waals surface area contributed by atoms with Gasteiger partial charge in [0.05, 0.1) is 11.4 Å². The Kier molecular flexibility index (Phi) is 5.40. The number of hydrogen-bond donors (Lipinski definition) is 0. The predicted octanol–water partition coefficient (Wildman–Crippen LogP) is 13.7. The van der Waals surface area contributed by atoms with Crippen molar-refractivity contribution in [1.29, 1.82) is 0 Å². The van der Waals surface area contributed by atoms with Crippen molar-refractivity contribution in [2.24, 2.45) is 0 Å². The Balaban J connectivity index is 1.34. The summed E-state index contributed by atoms with van der Waals surface area (Å²) in [5.74, 6) is 1.71. The third-order valence-corrected chi connectivity index (χ3v) is 12.0. The first kappa shape index (κ1) is 28.1. The molecule has 242 valence electrons. The number of fused-ring (bicyclic) bond motifs is 16. The van der Waals surface area contributed by atoms with E-state index in [0.29, 0.717) is 0 Å². The van der Waals surface area contributed by atoms with Crippen molar-refractivity contribution in [1.82, 2.24) is 0 Å². The third kappa shape index (κ3) is 3.49. The van der Waals surface area contributed by atoms with Crippen molar-refractivity contribution in [2.75, 3.05) is 4.90 Å². The van der Waals surface area contributed by atoms with E-state index in [-0.39, 0.29) is 0 Å². The minimum atomic E-state index is -0.409. The van der Waals surface area contributed by atoms with Crippen molar-refractivity contribution >= 4 is 49.4 Å². The highest BCUT2D eigenvalue weighted by Crippen LogP contribution is 2.60. The molecule has 9 aromatic carbocycles. The molecule has 0 radical (unpaired) electrons. The lowest BCUT2D eigenvalue weighted by Gasteiger charge is -2.36.